The Hall–Kier alpha value is -2.03. The summed E-state index contributed by atoms with van der Waals surface area (Å²) in [6.45, 7) is 0. The number of phenolic OH excluding ortho intramolecular Hbond substituents is 1. The van der Waals surface area contributed by atoms with Crippen LogP contribution < -0.4 is 4.74 Å². The maximum atomic E-state index is 13.7. The van der Waals surface area contributed by atoms with Crippen LogP contribution in [0.2, 0.25) is 0 Å². The summed E-state index contributed by atoms with van der Waals surface area (Å²) in [5.74, 6) is -0.414. The van der Waals surface area contributed by atoms with Gasteiger partial charge in [-0.1, -0.05) is 30.3 Å². The summed E-state index contributed by atoms with van der Waals surface area (Å²) in [5, 5.41) is 9.31. The van der Waals surface area contributed by atoms with Gasteiger partial charge in [-0.3, -0.25) is 0 Å². The number of rotatable bonds is 2. The second-order valence-corrected chi connectivity index (χ2v) is 3.34. The molecule has 0 heterocycles. The maximum absolute atomic E-state index is 13.7. The standard InChI is InChI=1S/C13H11FO2/c1-16-12-8-3-2-5-9(12)10-6-4-7-11(15)13(10)14/h2-8,15H,1H3. The molecule has 82 valence electrons. The van der Waals surface area contributed by atoms with Crippen molar-refractivity contribution in [2.45, 2.75) is 0 Å². The van der Waals surface area contributed by atoms with Crippen molar-refractivity contribution in [3.63, 3.8) is 0 Å². The van der Waals surface area contributed by atoms with Crippen LogP contribution in [-0.4, -0.2) is 12.2 Å². The molecule has 0 fully saturated rings. The average Bonchev–Trinajstić information content (AvgIpc) is 2.33. The molecule has 0 spiro atoms. The van der Waals surface area contributed by atoms with E-state index < -0.39 is 5.82 Å². The fourth-order valence-electron chi connectivity index (χ4n) is 1.59. The Morgan fingerprint density at radius 2 is 1.69 bits per heavy atom. The Morgan fingerprint density at radius 1 is 1.00 bits per heavy atom. The number of hydrogen-bond acceptors (Lipinski definition) is 2. The molecule has 16 heavy (non-hydrogen) atoms. The first kappa shape index (κ1) is 10.5. The molecule has 2 aromatic rings. The Bertz CT molecular complexity index is 509. The Balaban J connectivity index is 2.63. The van der Waals surface area contributed by atoms with E-state index in [1.807, 2.05) is 6.07 Å². The minimum Gasteiger partial charge on any atom is -0.505 e. The molecule has 0 saturated heterocycles. The van der Waals surface area contributed by atoms with Crippen molar-refractivity contribution in [2.24, 2.45) is 0 Å². The molecule has 0 radical (unpaired) electrons. The molecule has 0 saturated carbocycles. The predicted octanol–water partition coefficient (Wildman–Crippen LogP) is 3.21. The predicted molar refractivity (Wildman–Crippen MR) is 60.1 cm³/mol. The SMILES string of the molecule is COc1ccccc1-c1cccc(O)c1F. The molecule has 0 unspecified atom stereocenters. The van der Waals surface area contributed by atoms with Gasteiger partial charge >= 0.3 is 0 Å². The first-order chi connectivity index (χ1) is 7.74. The molecule has 0 aliphatic carbocycles. The van der Waals surface area contributed by atoms with Crippen LogP contribution in [0, 0.1) is 5.82 Å². The zero-order valence-electron chi connectivity index (χ0n) is 8.77. The quantitative estimate of drug-likeness (QED) is 0.838. The summed E-state index contributed by atoms with van der Waals surface area (Å²) >= 11 is 0. The molecule has 2 aromatic carbocycles. The fourth-order valence-corrected chi connectivity index (χ4v) is 1.59. The molecule has 1 N–H and O–H groups in total. The molecule has 0 atom stereocenters. The van der Waals surface area contributed by atoms with E-state index in [1.54, 1.807) is 30.3 Å². The summed E-state index contributed by atoms with van der Waals surface area (Å²) in [6, 6.07) is 11.6. The minimum atomic E-state index is -0.632. The van der Waals surface area contributed by atoms with Crippen molar-refractivity contribution in [2.75, 3.05) is 7.11 Å². The number of phenols is 1. The van der Waals surface area contributed by atoms with Gasteiger partial charge in [-0.05, 0) is 12.1 Å². The summed E-state index contributed by atoms with van der Waals surface area (Å²) in [7, 11) is 1.53. The van der Waals surface area contributed by atoms with Gasteiger partial charge in [0.2, 0.25) is 0 Å². The topological polar surface area (TPSA) is 29.5 Å². The van der Waals surface area contributed by atoms with Crippen LogP contribution in [0.1, 0.15) is 0 Å². The van der Waals surface area contributed by atoms with Crippen molar-refractivity contribution in [1.29, 1.82) is 0 Å². The Labute approximate surface area is 92.9 Å². The van der Waals surface area contributed by atoms with Crippen molar-refractivity contribution in [3.05, 3.63) is 48.3 Å². The number of para-hydroxylation sites is 1. The zero-order chi connectivity index (χ0) is 11.5. The van der Waals surface area contributed by atoms with Crippen LogP contribution in [-0.2, 0) is 0 Å². The Morgan fingerprint density at radius 3 is 2.44 bits per heavy atom. The monoisotopic (exact) mass is 218 g/mol. The summed E-state index contributed by atoms with van der Waals surface area (Å²) in [5.41, 5.74) is 0.954. The van der Waals surface area contributed by atoms with Gasteiger partial charge in [-0.2, -0.15) is 0 Å². The van der Waals surface area contributed by atoms with E-state index in [1.165, 1.54) is 13.2 Å². The van der Waals surface area contributed by atoms with Gasteiger partial charge in [-0.25, -0.2) is 4.39 Å². The van der Waals surface area contributed by atoms with E-state index in [2.05, 4.69) is 0 Å². The average molecular weight is 218 g/mol. The lowest BCUT2D eigenvalue weighted by Gasteiger charge is -2.09. The summed E-state index contributed by atoms with van der Waals surface area (Å²) in [6.07, 6.45) is 0. The molecular formula is C13H11FO2. The van der Waals surface area contributed by atoms with E-state index in [0.717, 1.165) is 0 Å². The largest absolute Gasteiger partial charge is 0.505 e. The van der Waals surface area contributed by atoms with Crippen LogP contribution in [0.15, 0.2) is 42.5 Å². The molecule has 3 heteroatoms. The van der Waals surface area contributed by atoms with Crippen LogP contribution >= 0.6 is 0 Å². The van der Waals surface area contributed by atoms with Gasteiger partial charge < -0.3 is 9.84 Å². The highest BCUT2D eigenvalue weighted by molar-refractivity contribution is 5.72. The summed E-state index contributed by atoms with van der Waals surface area (Å²) in [4.78, 5) is 0. The molecule has 0 bridgehead atoms. The molecule has 0 aromatic heterocycles. The van der Waals surface area contributed by atoms with Crippen molar-refractivity contribution in [1.82, 2.24) is 0 Å². The lowest BCUT2D eigenvalue weighted by Crippen LogP contribution is -1.90. The van der Waals surface area contributed by atoms with E-state index in [9.17, 15) is 9.50 Å². The van der Waals surface area contributed by atoms with E-state index >= 15 is 0 Å². The number of benzene rings is 2. The normalized spacial score (nSPS) is 10.1. The second kappa shape index (κ2) is 4.23. The number of methoxy groups -OCH3 is 1. The highest BCUT2D eigenvalue weighted by Gasteiger charge is 2.12. The van der Waals surface area contributed by atoms with Crippen LogP contribution in [0.25, 0.3) is 11.1 Å². The third-order valence-electron chi connectivity index (χ3n) is 2.38. The molecule has 2 nitrogen and oxygen atoms in total. The van der Waals surface area contributed by atoms with Gasteiger partial charge in [-0.15, -0.1) is 0 Å². The van der Waals surface area contributed by atoms with Gasteiger partial charge in [0.15, 0.2) is 11.6 Å². The smallest absolute Gasteiger partial charge is 0.172 e. The highest BCUT2D eigenvalue weighted by atomic mass is 19.1. The second-order valence-electron chi connectivity index (χ2n) is 3.34. The van der Waals surface area contributed by atoms with E-state index in [0.29, 0.717) is 16.9 Å². The van der Waals surface area contributed by atoms with E-state index in [4.69, 9.17) is 4.74 Å². The molecule has 0 aliphatic rings. The minimum absolute atomic E-state index is 0.331. The number of aromatic hydroxyl groups is 1. The molecular weight excluding hydrogens is 207 g/mol. The lowest BCUT2D eigenvalue weighted by atomic mass is 10.0. The number of ether oxygens (including phenoxy) is 1. The Kier molecular flexibility index (Phi) is 2.77. The molecule has 0 amide bonds. The highest BCUT2D eigenvalue weighted by Crippen LogP contribution is 2.34. The van der Waals surface area contributed by atoms with Crippen LogP contribution in [0.4, 0.5) is 4.39 Å². The van der Waals surface area contributed by atoms with E-state index in [-0.39, 0.29) is 5.75 Å². The van der Waals surface area contributed by atoms with Crippen LogP contribution in [0.3, 0.4) is 0 Å². The van der Waals surface area contributed by atoms with Crippen molar-refractivity contribution >= 4 is 0 Å². The van der Waals surface area contributed by atoms with Gasteiger partial charge in [0, 0.05) is 11.1 Å². The molecule has 2 rings (SSSR count). The van der Waals surface area contributed by atoms with Crippen LogP contribution in [0.5, 0.6) is 11.5 Å². The molecule has 0 aliphatic heterocycles. The fraction of sp³-hybridized carbons (Fsp3) is 0.0769. The zero-order valence-corrected chi connectivity index (χ0v) is 8.77. The van der Waals surface area contributed by atoms with Gasteiger partial charge in [0.05, 0.1) is 7.11 Å². The van der Waals surface area contributed by atoms with Gasteiger partial charge in [0.25, 0.3) is 0 Å². The number of halogens is 1. The summed E-state index contributed by atoms with van der Waals surface area (Å²) < 4.78 is 18.8. The van der Waals surface area contributed by atoms with Crippen molar-refractivity contribution in [3.8, 4) is 22.6 Å². The lowest BCUT2D eigenvalue weighted by molar-refractivity contribution is 0.415. The first-order valence-electron chi connectivity index (χ1n) is 4.85. The number of hydrogen-bond donors (Lipinski definition) is 1. The third-order valence-corrected chi connectivity index (χ3v) is 2.38. The maximum Gasteiger partial charge on any atom is 0.172 e. The van der Waals surface area contributed by atoms with Crippen molar-refractivity contribution < 1.29 is 14.2 Å². The first-order valence-corrected chi connectivity index (χ1v) is 4.85. The third kappa shape index (κ3) is 1.72. The van der Waals surface area contributed by atoms with Gasteiger partial charge in [0.1, 0.15) is 5.75 Å².